The van der Waals surface area contributed by atoms with Crippen LogP contribution in [0.3, 0.4) is 0 Å². The number of halogens is 4. The molecule has 0 aliphatic heterocycles. The van der Waals surface area contributed by atoms with Gasteiger partial charge in [0.15, 0.2) is 0 Å². The Labute approximate surface area is 128 Å². The number of anilines is 2. The van der Waals surface area contributed by atoms with E-state index in [9.17, 15) is 13.2 Å². The lowest BCUT2D eigenvalue weighted by atomic mass is 10.1. The van der Waals surface area contributed by atoms with Crippen molar-refractivity contribution in [3.8, 4) is 17.0 Å². The van der Waals surface area contributed by atoms with E-state index >= 15 is 0 Å². The molecule has 10 heteroatoms. The Bertz CT molecular complexity index is 708. The summed E-state index contributed by atoms with van der Waals surface area (Å²) < 4.78 is 45.2. The van der Waals surface area contributed by atoms with Crippen molar-refractivity contribution in [3.63, 3.8) is 0 Å². The zero-order valence-electron chi connectivity index (χ0n) is 11.5. The molecule has 2 heterocycles. The molecule has 2 aromatic rings. The molecule has 0 radical (unpaired) electrons. The number of pyridine rings is 1. The first-order valence-corrected chi connectivity index (χ1v) is 6.28. The van der Waals surface area contributed by atoms with Gasteiger partial charge in [0.25, 0.3) is 0 Å². The molecular formula is C12H11ClF3N5O. The van der Waals surface area contributed by atoms with Crippen LogP contribution in [0.15, 0.2) is 12.3 Å². The predicted octanol–water partition coefficient (Wildman–Crippen LogP) is 2.84. The second-order valence-corrected chi connectivity index (χ2v) is 4.50. The van der Waals surface area contributed by atoms with Crippen molar-refractivity contribution in [1.82, 2.24) is 15.0 Å². The van der Waals surface area contributed by atoms with Gasteiger partial charge >= 0.3 is 6.18 Å². The number of ether oxygens (including phenoxy) is 1. The standard InChI is InChI=1S/C12H11ClF3N5O/c1-18-10-8(12(14,15)16)9(20-11(17)21-10)5-4-19-7(13)3-6(5)22-2/h3-4H,1-2H3,(H3,17,18,20,21). The third-order valence-electron chi connectivity index (χ3n) is 2.75. The topological polar surface area (TPSA) is 86.0 Å². The highest BCUT2D eigenvalue weighted by Gasteiger charge is 2.39. The highest BCUT2D eigenvalue weighted by Crippen LogP contribution is 2.42. The molecule has 118 valence electrons. The molecule has 0 atom stereocenters. The van der Waals surface area contributed by atoms with Crippen molar-refractivity contribution in [3.05, 3.63) is 23.0 Å². The van der Waals surface area contributed by atoms with E-state index in [1.54, 1.807) is 0 Å². The third-order valence-corrected chi connectivity index (χ3v) is 2.96. The van der Waals surface area contributed by atoms with Gasteiger partial charge in [0.05, 0.1) is 18.4 Å². The van der Waals surface area contributed by atoms with Gasteiger partial charge < -0.3 is 15.8 Å². The number of hydrogen-bond acceptors (Lipinski definition) is 6. The van der Waals surface area contributed by atoms with Crippen molar-refractivity contribution in [2.45, 2.75) is 6.18 Å². The Kier molecular flexibility index (Phi) is 4.27. The first kappa shape index (κ1) is 16.1. The maximum atomic E-state index is 13.4. The molecule has 0 unspecified atom stereocenters. The predicted molar refractivity (Wildman–Crippen MR) is 75.8 cm³/mol. The number of alkyl halides is 3. The highest BCUT2D eigenvalue weighted by molar-refractivity contribution is 6.29. The minimum atomic E-state index is -4.70. The summed E-state index contributed by atoms with van der Waals surface area (Å²) in [4.78, 5) is 11.0. The Balaban J connectivity index is 2.83. The SMILES string of the molecule is CNc1nc(N)nc(-c2cnc(Cl)cc2OC)c1C(F)(F)F. The first-order chi connectivity index (χ1) is 10.3. The van der Waals surface area contributed by atoms with E-state index in [0.29, 0.717) is 0 Å². The molecule has 2 rings (SSSR count). The number of hydrogen-bond donors (Lipinski definition) is 2. The Morgan fingerprint density at radius 2 is 2.00 bits per heavy atom. The fourth-order valence-electron chi connectivity index (χ4n) is 1.88. The summed E-state index contributed by atoms with van der Waals surface area (Å²) in [5, 5.41) is 2.44. The molecule has 0 bridgehead atoms. The van der Waals surface area contributed by atoms with Gasteiger partial charge in [-0.05, 0) is 0 Å². The maximum absolute atomic E-state index is 13.4. The Morgan fingerprint density at radius 1 is 1.32 bits per heavy atom. The van der Waals surface area contributed by atoms with Crippen molar-refractivity contribution >= 4 is 23.4 Å². The van der Waals surface area contributed by atoms with Gasteiger partial charge in [0, 0.05) is 19.3 Å². The Morgan fingerprint density at radius 3 is 2.55 bits per heavy atom. The van der Waals surface area contributed by atoms with Crippen LogP contribution in [0.5, 0.6) is 5.75 Å². The molecule has 22 heavy (non-hydrogen) atoms. The molecule has 6 nitrogen and oxygen atoms in total. The first-order valence-electron chi connectivity index (χ1n) is 5.90. The largest absolute Gasteiger partial charge is 0.496 e. The second-order valence-electron chi connectivity index (χ2n) is 4.11. The van der Waals surface area contributed by atoms with Crippen LogP contribution in [-0.2, 0) is 6.18 Å². The number of rotatable bonds is 3. The van der Waals surface area contributed by atoms with Crippen LogP contribution in [0.2, 0.25) is 5.15 Å². The van der Waals surface area contributed by atoms with Crippen LogP contribution in [0.25, 0.3) is 11.3 Å². The highest BCUT2D eigenvalue weighted by atomic mass is 35.5. The van der Waals surface area contributed by atoms with Gasteiger partial charge in [0.2, 0.25) is 5.95 Å². The second kappa shape index (κ2) is 5.84. The average Bonchev–Trinajstić information content (AvgIpc) is 2.44. The number of nitrogens with two attached hydrogens (primary N) is 1. The molecule has 0 amide bonds. The van der Waals surface area contributed by atoms with Crippen LogP contribution in [-0.4, -0.2) is 29.1 Å². The lowest BCUT2D eigenvalue weighted by Gasteiger charge is -2.17. The van der Waals surface area contributed by atoms with E-state index in [0.717, 1.165) is 6.20 Å². The summed E-state index contributed by atoms with van der Waals surface area (Å²) in [5.74, 6) is -0.665. The van der Waals surface area contributed by atoms with E-state index in [2.05, 4.69) is 20.3 Å². The summed E-state index contributed by atoms with van der Waals surface area (Å²) in [7, 11) is 2.60. The van der Waals surface area contributed by atoms with Gasteiger partial charge in [-0.25, -0.2) is 9.97 Å². The van der Waals surface area contributed by atoms with E-state index < -0.39 is 23.3 Å². The lowest BCUT2D eigenvalue weighted by Crippen LogP contribution is -2.15. The van der Waals surface area contributed by atoms with Crippen LogP contribution in [0, 0.1) is 0 Å². The van der Waals surface area contributed by atoms with Gasteiger partial charge in [-0.2, -0.15) is 18.2 Å². The van der Waals surface area contributed by atoms with Crippen LogP contribution in [0.1, 0.15) is 5.56 Å². The van der Waals surface area contributed by atoms with Gasteiger partial charge in [-0.3, -0.25) is 0 Å². The molecule has 0 aromatic carbocycles. The number of methoxy groups -OCH3 is 1. The quantitative estimate of drug-likeness (QED) is 0.840. The molecule has 0 fully saturated rings. The summed E-state index contributed by atoms with van der Waals surface area (Å²) in [6, 6.07) is 1.29. The molecule has 2 aromatic heterocycles. The number of aromatic nitrogens is 3. The maximum Gasteiger partial charge on any atom is 0.422 e. The number of nitrogens with zero attached hydrogens (tertiary/aromatic N) is 3. The normalized spacial score (nSPS) is 11.4. The smallest absolute Gasteiger partial charge is 0.422 e. The van der Waals surface area contributed by atoms with Gasteiger partial charge in [0.1, 0.15) is 22.3 Å². The van der Waals surface area contributed by atoms with E-state index in [1.807, 2.05) is 0 Å². The Hall–Kier alpha value is -2.29. The average molecular weight is 334 g/mol. The minimum absolute atomic E-state index is 0.00447. The number of nitrogen functional groups attached to an aromatic ring is 1. The van der Waals surface area contributed by atoms with E-state index in [-0.39, 0.29) is 22.4 Å². The lowest BCUT2D eigenvalue weighted by molar-refractivity contribution is -0.136. The molecule has 0 spiro atoms. The minimum Gasteiger partial charge on any atom is -0.496 e. The van der Waals surface area contributed by atoms with Gasteiger partial charge in [-0.1, -0.05) is 11.6 Å². The molecule has 0 saturated heterocycles. The summed E-state index contributed by atoms with van der Waals surface area (Å²) in [6.07, 6.45) is -3.57. The fraction of sp³-hybridized carbons (Fsp3) is 0.250. The van der Waals surface area contributed by atoms with Crippen molar-refractivity contribution in [2.75, 3.05) is 25.2 Å². The third kappa shape index (κ3) is 2.98. The van der Waals surface area contributed by atoms with E-state index in [1.165, 1.54) is 20.2 Å². The summed E-state index contributed by atoms with van der Waals surface area (Å²) in [6.45, 7) is 0. The monoisotopic (exact) mass is 333 g/mol. The zero-order valence-corrected chi connectivity index (χ0v) is 12.2. The molecule has 0 aliphatic rings. The summed E-state index contributed by atoms with van der Waals surface area (Å²) in [5.41, 5.74) is 3.99. The fourth-order valence-corrected chi connectivity index (χ4v) is 2.03. The van der Waals surface area contributed by atoms with Gasteiger partial charge in [-0.15, -0.1) is 0 Å². The molecular weight excluding hydrogens is 323 g/mol. The van der Waals surface area contributed by atoms with Crippen LogP contribution in [0.4, 0.5) is 24.9 Å². The zero-order chi connectivity index (χ0) is 16.5. The summed E-state index contributed by atoms with van der Waals surface area (Å²) >= 11 is 5.72. The van der Waals surface area contributed by atoms with E-state index in [4.69, 9.17) is 22.1 Å². The van der Waals surface area contributed by atoms with Crippen LogP contribution >= 0.6 is 11.6 Å². The number of nitrogens with one attached hydrogen (secondary N) is 1. The molecule has 3 N–H and O–H groups in total. The van der Waals surface area contributed by atoms with Crippen molar-refractivity contribution in [2.24, 2.45) is 0 Å². The van der Waals surface area contributed by atoms with Crippen LogP contribution < -0.4 is 15.8 Å². The molecule has 0 saturated carbocycles. The van der Waals surface area contributed by atoms with Crippen molar-refractivity contribution in [1.29, 1.82) is 0 Å². The van der Waals surface area contributed by atoms with Crippen molar-refractivity contribution < 1.29 is 17.9 Å². The molecule has 0 aliphatic carbocycles.